The first kappa shape index (κ1) is 18.3. The summed E-state index contributed by atoms with van der Waals surface area (Å²) in [4.78, 5) is 24.0. The van der Waals surface area contributed by atoms with Gasteiger partial charge >= 0.3 is 0 Å². The van der Waals surface area contributed by atoms with E-state index in [0.29, 0.717) is 11.4 Å². The Labute approximate surface area is 156 Å². The van der Waals surface area contributed by atoms with Gasteiger partial charge in [-0.1, -0.05) is 6.07 Å². The van der Waals surface area contributed by atoms with Gasteiger partial charge < -0.3 is 10.1 Å². The largest absolute Gasteiger partial charge is 0.495 e. The van der Waals surface area contributed by atoms with Gasteiger partial charge in [0.15, 0.2) is 0 Å². The summed E-state index contributed by atoms with van der Waals surface area (Å²) in [7, 11) is 1.46. The standard InChI is InChI=1S/C19H20N2O4S/c1-12(26-16-8-6-13-4-3-5-14(13)10-16)19(22)20-17-11-15(21(23)24)7-9-18(17)25-2/h6-12H,3-5H2,1-2H3,(H,20,22)/t12-/m0/s1. The average Bonchev–Trinajstić information content (AvgIpc) is 3.09. The van der Waals surface area contributed by atoms with E-state index in [9.17, 15) is 14.9 Å². The van der Waals surface area contributed by atoms with Gasteiger partial charge in [-0.05, 0) is 55.5 Å². The fourth-order valence-electron chi connectivity index (χ4n) is 3.02. The normalized spacial score (nSPS) is 13.8. The van der Waals surface area contributed by atoms with Gasteiger partial charge in [0.05, 0.1) is 23.0 Å². The number of thioether (sulfide) groups is 1. The molecular formula is C19H20N2O4S. The van der Waals surface area contributed by atoms with Crippen LogP contribution in [0.1, 0.15) is 24.5 Å². The minimum atomic E-state index is -0.502. The van der Waals surface area contributed by atoms with Crippen LogP contribution in [0.2, 0.25) is 0 Å². The maximum Gasteiger partial charge on any atom is 0.271 e. The van der Waals surface area contributed by atoms with Crippen molar-refractivity contribution in [1.82, 2.24) is 0 Å². The number of anilines is 1. The number of benzene rings is 2. The first-order chi connectivity index (χ1) is 12.5. The number of nitro groups is 1. The third-order valence-corrected chi connectivity index (χ3v) is 5.50. The van der Waals surface area contributed by atoms with Crippen LogP contribution in [0.3, 0.4) is 0 Å². The topological polar surface area (TPSA) is 81.5 Å². The summed E-state index contributed by atoms with van der Waals surface area (Å²) in [5, 5.41) is 13.3. The third-order valence-electron chi connectivity index (χ3n) is 4.40. The van der Waals surface area contributed by atoms with Gasteiger partial charge in [0, 0.05) is 17.0 Å². The van der Waals surface area contributed by atoms with Gasteiger partial charge in [0.25, 0.3) is 5.69 Å². The number of amides is 1. The molecule has 1 atom stereocenters. The molecule has 26 heavy (non-hydrogen) atoms. The number of hydrogen-bond acceptors (Lipinski definition) is 5. The highest BCUT2D eigenvalue weighted by Gasteiger charge is 2.19. The number of aryl methyl sites for hydroxylation is 2. The van der Waals surface area contributed by atoms with E-state index in [2.05, 4.69) is 17.4 Å². The molecule has 136 valence electrons. The first-order valence-corrected chi connectivity index (χ1v) is 9.27. The van der Waals surface area contributed by atoms with E-state index in [1.807, 2.05) is 13.0 Å². The number of nitro benzene ring substituents is 1. The van der Waals surface area contributed by atoms with Crippen molar-refractivity contribution in [3.63, 3.8) is 0 Å². The minimum Gasteiger partial charge on any atom is -0.495 e. The molecule has 0 saturated heterocycles. The van der Waals surface area contributed by atoms with Crippen LogP contribution in [0, 0.1) is 10.1 Å². The number of fused-ring (bicyclic) bond motifs is 1. The summed E-state index contributed by atoms with van der Waals surface area (Å²) < 4.78 is 5.19. The van der Waals surface area contributed by atoms with Crippen molar-refractivity contribution >= 4 is 29.0 Å². The van der Waals surface area contributed by atoms with Crippen molar-refractivity contribution in [3.05, 3.63) is 57.6 Å². The third kappa shape index (κ3) is 3.99. The predicted molar refractivity (Wildman–Crippen MR) is 102 cm³/mol. The molecule has 1 N–H and O–H groups in total. The molecule has 6 nitrogen and oxygen atoms in total. The zero-order chi connectivity index (χ0) is 18.7. The minimum absolute atomic E-state index is 0.0972. The van der Waals surface area contributed by atoms with Crippen LogP contribution >= 0.6 is 11.8 Å². The van der Waals surface area contributed by atoms with Gasteiger partial charge in [-0.15, -0.1) is 11.8 Å². The highest BCUT2D eigenvalue weighted by molar-refractivity contribution is 8.00. The Kier molecular flexibility index (Phi) is 5.46. The Morgan fingerprint density at radius 1 is 1.23 bits per heavy atom. The van der Waals surface area contributed by atoms with Gasteiger partial charge in [0.1, 0.15) is 5.75 Å². The van der Waals surface area contributed by atoms with Crippen LogP contribution in [0.5, 0.6) is 5.75 Å². The second-order valence-corrected chi connectivity index (χ2v) is 7.59. The number of non-ortho nitro benzene ring substituents is 1. The molecule has 3 rings (SSSR count). The quantitative estimate of drug-likeness (QED) is 0.467. The molecule has 0 radical (unpaired) electrons. The summed E-state index contributed by atoms with van der Waals surface area (Å²) in [5.74, 6) is 0.160. The molecule has 2 aromatic rings. The number of ether oxygens (including phenoxy) is 1. The van der Waals surface area contributed by atoms with E-state index in [-0.39, 0.29) is 16.8 Å². The van der Waals surface area contributed by atoms with Crippen LogP contribution in [0.4, 0.5) is 11.4 Å². The lowest BCUT2D eigenvalue weighted by atomic mass is 10.1. The molecule has 0 unspecified atom stereocenters. The molecule has 0 bridgehead atoms. The van der Waals surface area contributed by atoms with Gasteiger partial charge in [-0.25, -0.2) is 0 Å². The summed E-state index contributed by atoms with van der Waals surface area (Å²) in [6.45, 7) is 1.82. The van der Waals surface area contributed by atoms with Crippen molar-refractivity contribution < 1.29 is 14.5 Å². The number of carbonyl (C=O) groups excluding carboxylic acids is 1. The lowest BCUT2D eigenvalue weighted by Gasteiger charge is -2.14. The molecule has 2 aromatic carbocycles. The SMILES string of the molecule is COc1ccc([N+](=O)[O-])cc1NC(=O)[C@H](C)Sc1ccc2c(c1)CCC2. The van der Waals surface area contributed by atoms with Gasteiger partial charge in [0.2, 0.25) is 5.91 Å². The average molecular weight is 372 g/mol. The Bertz CT molecular complexity index is 853. The molecule has 0 saturated carbocycles. The van der Waals surface area contributed by atoms with Crippen molar-refractivity contribution in [1.29, 1.82) is 0 Å². The Balaban J connectivity index is 1.71. The number of carbonyl (C=O) groups is 1. The number of nitrogens with one attached hydrogen (secondary N) is 1. The summed E-state index contributed by atoms with van der Waals surface area (Å²) in [6, 6.07) is 10.5. The molecule has 1 aliphatic rings. The van der Waals surface area contributed by atoms with E-state index in [1.165, 1.54) is 54.6 Å². The number of rotatable bonds is 6. The van der Waals surface area contributed by atoms with E-state index in [1.54, 1.807) is 0 Å². The Hall–Kier alpha value is -2.54. The zero-order valence-electron chi connectivity index (χ0n) is 14.7. The fraction of sp³-hybridized carbons (Fsp3) is 0.316. The van der Waals surface area contributed by atoms with E-state index >= 15 is 0 Å². The van der Waals surface area contributed by atoms with E-state index in [0.717, 1.165) is 17.7 Å². The summed E-state index contributed by atoms with van der Waals surface area (Å²) in [5.41, 5.74) is 2.96. The smallest absolute Gasteiger partial charge is 0.271 e. The second kappa shape index (κ2) is 7.78. The Morgan fingerprint density at radius 3 is 2.73 bits per heavy atom. The molecular weight excluding hydrogens is 352 g/mol. The molecule has 0 heterocycles. The van der Waals surface area contributed by atoms with Crippen LogP contribution < -0.4 is 10.1 Å². The number of methoxy groups -OCH3 is 1. The van der Waals surface area contributed by atoms with Crippen LogP contribution in [-0.2, 0) is 17.6 Å². The lowest BCUT2D eigenvalue weighted by Crippen LogP contribution is -2.22. The maximum atomic E-state index is 12.5. The molecule has 1 amide bonds. The first-order valence-electron chi connectivity index (χ1n) is 8.39. The fourth-order valence-corrected chi connectivity index (χ4v) is 3.95. The highest BCUT2D eigenvalue weighted by Crippen LogP contribution is 2.32. The summed E-state index contributed by atoms with van der Waals surface area (Å²) in [6.07, 6.45) is 3.41. The highest BCUT2D eigenvalue weighted by atomic mass is 32.2. The lowest BCUT2D eigenvalue weighted by molar-refractivity contribution is -0.384. The van der Waals surface area contributed by atoms with Crippen molar-refractivity contribution in [3.8, 4) is 5.75 Å². The maximum absolute atomic E-state index is 12.5. The van der Waals surface area contributed by atoms with Gasteiger partial charge in [-0.2, -0.15) is 0 Å². The van der Waals surface area contributed by atoms with Crippen LogP contribution in [-0.4, -0.2) is 23.2 Å². The zero-order valence-corrected chi connectivity index (χ0v) is 15.5. The summed E-state index contributed by atoms with van der Waals surface area (Å²) >= 11 is 1.47. The molecule has 0 spiro atoms. The number of nitrogens with zero attached hydrogens (tertiary/aromatic N) is 1. The molecule has 1 aliphatic carbocycles. The van der Waals surface area contributed by atoms with Gasteiger partial charge in [-0.3, -0.25) is 14.9 Å². The van der Waals surface area contributed by atoms with Crippen molar-refractivity contribution in [2.75, 3.05) is 12.4 Å². The monoisotopic (exact) mass is 372 g/mol. The van der Waals surface area contributed by atoms with Crippen LogP contribution in [0.15, 0.2) is 41.3 Å². The second-order valence-electron chi connectivity index (χ2n) is 6.18. The van der Waals surface area contributed by atoms with E-state index < -0.39 is 4.92 Å². The van der Waals surface area contributed by atoms with Crippen LogP contribution in [0.25, 0.3) is 0 Å². The molecule has 7 heteroatoms. The molecule has 0 aromatic heterocycles. The molecule has 0 fully saturated rings. The Morgan fingerprint density at radius 2 is 2.00 bits per heavy atom. The molecule has 0 aliphatic heterocycles. The van der Waals surface area contributed by atoms with Crippen molar-refractivity contribution in [2.45, 2.75) is 36.3 Å². The predicted octanol–water partition coefficient (Wildman–Crippen LogP) is 4.21. The van der Waals surface area contributed by atoms with E-state index in [4.69, 9.17) is 4.74 Å². The van der Waals surface area contributed by atoms with Crippen molar-refractivity contribution in [2.24, 2.45) is 0 Å². The number of hydrogen-bond donors (Lipinski definition) is 1.